The Morgan fingerprint density at radius 1 is 1.07 bits per heavy atom. The van der Waals surface area contributed by atoms with E-state index in [1.54, 1.807) is 6.20 Å². The lowest BCUT2D eigenvalue weighted by Gasteiger charge is -2.34. The molecule has 0 amide bonds. The molecule has 5 rings (SSSR count). The van der Waals surface area contributed by atoms with Crippen LogP contribution in [-0.2, 0) is 6.54 Å². The summed E-state index contributed by atoms with van der Waals surface area (Å²) in [6, 6.07) is 8.82. The zero-order chi connectivity index (χ0) is 20.0. The van der Waals surface area contributed by atoms with Gasteiger partial charge in [-0.15, -0.1) is 10.2 Å². The molecule has 9 nitrogen and oxygen atoms in total. The first kappa shape index (κ1) is 17.9. The average Bonchev–Trinajstić information content (AvgIpc) is 3.18. The summed E-state index contributed by atoms with van der Waals surface area (Å²) in [5.74, 6) is 2.78. The molecular formula is C20H25N9. The molecular weight excluding hydrogens is 366 g/mol. The summed E-state index contributed by atoms with van der Waals surface area (Å²) in [5.41, 5.74) is 9.05. The minimum atomic E-state index is 0.0845. The van der Waals surface area contributed by atoms with Crippen LogP contribution >= 0.6 is 0 Å². The largest absolute Gasteiger partial charge is 0.369 e. The van der Waals surface area contributed by atoms with Crippen molar-refractivity contribution in [3.8, 4) is 5.69 Å². The minimum Gasteiger partial charge on any atom is -0.369 e. The van der Waals surface area contributed by atoms with Gasteiger partial charge in [-0.3, -0.25) is 4.57 Å². The molecule has 2 aliphatic rings. The summed E-state index contributed by atoms with van der Waals surface area (Å²) in [6.45, 7) is 7.05. The SMILES string of the molecule is C[C@@H](c1ccc(N2CCN(C)CC2)cc1)c1nnc2n1-c1cnc(N)nc1NC2. The lowest BCUT2D eigenvalue weighted by molar-refractivity contribution is 0.313. The van der Waals surface area contributed by atoms with E-state index in [0.29, 0.717) is 12.4 Å². The molecule has 1 fully saturated rings. The Labute approximate surface area is 169 Å². The van der Waals surface area contributed by atoms with E-state index in [1.807, 2.05) is 4.57 Å². The smallest absolute Gasteiger partial charge is 0.222 e. The van der Waals surface area contributed by atoms with Crippen molar-refractivity contribution in [3.63, 3.8) is 0 Å². The molecule has 0 saturated carbocycles. The van der Waals surface area contributed by atoms with E-state index in [0.717, 1.165) is 43.5 Å². The summed E-state index contributed by atoms with van der Waals surface area (Å²) in [6.07, 6.45) is 1.73. The van der Waals surface area contributed by atoms with Crippen molar-refractivity contribution in [3.05, 3.63) is 47.7 Å². The first-order chi connectivity index (χ1) is 14.1. The number of rotatable bonds is 3. The van der Waals surface area contributed by atoms with Crippen LogP contribution in [0.4, 0.5) is 17.5 Å². The van der Waals surface area contributed by atoms with E-state index in [2.05, 4.69) is 73.5 Å². The second kappa shape index (κ2) is 7.00. The third-order valence-corrected chi connectivity index (χ3v) is 5.85. The Bertz CT molecular complexity index is 1020. The Kier molecular flexibility index (Phi) is 4.31. The first-order valence-corrected chi connectivity index (χ1v) is 9.94. The van der Waals surface area contributed by atoms with Gasteiger partial charge in [-0.05, 0) is 24.7 Å². The van der Waals surface area contributed by atoms with Gasteiger partial charge < -0.3 is 20.9 Å². The van der Waals surface area contributed by atoms with E-state index in [-0.39, 0.29) is 11.9 Å². The second-order valence-electron chi connectivity index (χ2n) is 7.73. The fourth-order valence-electron chi connectivity index (χ4n) is 4.02. The molecule has 0 spiro atoms. The number of nitrogens with two attached hydrogens (primary N) is 1. The highest BCUT2D eigenvalue weighted by atomic mass is 15.3. The predicted molar refractivity (Wildman–Crippen MR) is 112 cm³/mol. The zero-order valence-corrected chi connectivity index (χ0v) is 16.7. The number of anilines is 3. The van der Waals surface area contributed by atoms with E-state index in [9.17, 15) is 0 Å². The van der Waals surface area contributed by atoms with E-state index < -0.39 is 0 Å². The van der Waals surface area contributed by atoms with Crippen molar-refractivity contribution in [2.75, 3.05) is 49.2 Å². The lowest BCUT2D eigenvalue weighted by atomic mass is 9.99. The molecule has 3 aromatic rings. The summed E-state index contributed by atoms with van der Waals surface area (Å²) >= 11 is 0. The monoisotopic (exact) mass is 391 g/mol. The lowest BCUT2D eigenvalue weighted by Crippen LogP contribution is -2.44. The van der Waals surface area contributed by atoms with Gasteiger partial charge in [0.05, 0.1) is 12.7 Å². The number of nitrogens with zero attached hydrogens (tertiary/aromatic N) is 7. The van der Waals surface area contributed by atoms with Crippen molar-refractivity contribution < 1.29 is 0 Å². The topological polar surface area (TPSA) is 101 Å². The quantitative estimate of drug-likeness (QED) is 0.692. The van der Waals surface area contributed by atoms with Gasteiger partial charge in [-0.25, -0.2) is 4.98 Å². The van der Waals surface area contributed by atoms with Crippen LogP contribution in [0.15, 0.2) is 30.5 Å². The molecule has 3 N–H and O–H groups in total. The first-order valence-electron chi connectivity index (χ1n) is 9.94. The molecule has 0 radical (unpaired) electrons. The average molecular weight is 391 g/mol. The van der Waals surface area contributed by atoms with Crippen LogP contribution in [0.3, 0.4) is 0 Å². The van der Waals surface area contributed by atoms with Gasteiger partial charge >= 0.3 is 0 Å². The van der Waals surface area contributed by atoms with Crippen LogP contribution in [0.2, 0.25) is 0 Å². The van der Waals surface area contributed by atoms with Gasteiger partial charge in [-0.2, -0.15) is 4.98 Å². The van der Waals surface area contributed by atoms with Crippen molar-refractivity contribution in [1.29, 1.82) is 0 Å². The van der Waals surface area contributed by atoms with Crippen LogP contribution in [-0.4, -0.2) is 62.9 Å². The van der Waals surface area contributed by atoms with Crippen molar-refractivity contribution in [2.24, 2.45) is 0 Å². The third-order valence-electron chi connectivity index (χ3n) is 5.85. The number of fused-ring (bicyclic) bond motifs is 3. The molecule has 1 atom stereocenters. The standard InChI is InChI=1S/C20H25N9/c1-13(14-3-5-15(6-4-14)28-9-7-27(2)8-10-28)19-26-25-17-12-22-18-16(29(17)19)11-23-20(21)24-18/h3-6,11,13H,7-10,12H2,1-2H3,(H3,21,22,23,24)/t13-/m0/s1. The zero-order valence-electron chi connectivity index (χ0n) is 16.7. The summed E-state index contributed by atoms with van der Waals surface area (Å²) in [5, 5.41) is 12.1. The number of hydrogen-bond donors (Lipinski definition) is 2. The second-order valence-corrected chi connectivity index (χ2v) is 7.73. The van der Waals surface area contributed by atoms with E-state index in [4.69, 9.17) is 5.73 Å². The maximum atomic E-state index is 5.74. The number of hydrogen-bond acceptors (Lipinski definition) is 8. The molecule has 2 aliphatic heterocycles. The Morgan fingerprint density at radius 3 is 2.59 bits per heavy atom. The van der Waals surface area contributed by atoms with Gasteiger partial charge in [0.1, 0.15) is 11.5 Å². The summed E-state index contributed by atoms with van der Waals surface area (Å²) in [4.78, 5) is 13.3. The maximum absolute atomic E-state index is 5.74. The highest BCUT2D eigenvalue weighted by Crippen LogP contribution is 2.32. The molecule has 29 heavy (non-hydrogen) atoms. The molecule has 0 unspecified atom stereocenters. The summed E-state index contributed by atoms with van der Waals surface area (Å²) < 4.78 is 2.05. The fourth-order valence-corrected chi connectivity index (χ4v) is 4.02. The van der Waals surface area contributed by atoms with Crippen molar-refractivity contribution >= 4 is 17.5 Å². The van der Waals surface area contributed by atoms with Gasteiger partial charge in [0, 0.05) is 37.8 Å². The Hall–Kier alpha value is -3.20. The van der Waals surface area contributed by atoms with Gasteiger partial charge in [0.2, 0.25) is 5.95 Å². The number of nitrogens with one attached hydrogen (secondary N) is 1. The molecule has 1 aromatic carbocycles. The van der Waals surface area contributed by atoms with Gasteiger partial charge in [0.25, 0.3) is 0 Å². The Balaban J connectivity index is 1.43. The normalized spacial score (nSPS) is 17.4. The molecule has 2 aromatic heterocycles. The van der Waals surface area contributed by atoms with Crippen LogP contribution in [0, 0.1) is 0 Å². The van der Waals surface area contributed by atoms with E-state index in [1.165, 1.54) is 11.3 Å². The maximum Gasteiger partial charge on any atom is 0.222 e. The third kappa shape index (κ3) is 3.17. The van der Waals surface area contributed by atoms with Crippen molar-refractivity contribution in [1.82, 2.24) is 29.6 Å². The Morgan fingerprint density at radius 2 is 1.83 bits per heavy atom. The minimum absolute atomic E-state index is 0.0845. The number of nitrogen functional groups attached to an aromatic ring is 1. The van der Waals surface area contributed by atoms with Crippen LogP contribution in [0.1, 0.15) is 30.1 Å². The number of piperazine rings is 1. The number of benzene rings is 1. The van der Waals surface area contributed by atoms with E-state index >= 15 is 0 Å². The van der Waals surface area contributed by atoms with Gasteiger partial charge in [0.15, 0.2) is 11.6 Å². The highest BCUT2D eigenvalue weighted by Gasteiger charge is 2.26. The highest BCUT2D eigenvalue weighted by molar-refractivity contribution is 5.60. The molecule has 9 heteroatoms. The molecule has 4 heterocycles. The van der Waals surface area contributed by atoms with Crippen LogP contribution < -0.4 is 16.0 Å². The number of aromatic nitrogens is 5. The fraction of sp³-hybridized carbons (Fsp3) is 0.400. The predicted octanol–water partition coefficient (Wildman–Crippen LogP) is 1.47. The van der Waals surface area contributed by atoms with Crippen LogP contribution in [0.5, 0.6) is 0 Å². The number of likely N-dealkylation sites (N-methyl/N-ethyl adjacent to an activating group) is 1. The molecule has 1 saturated heterocycles. The van der Waals surface area contributed by atoms with Gasteiger partial charge in [-0.1, -0.05) is 19.1 Å². The van der Waals surface area contributed by atoms with Crippen LogP contribution in [0.25, 0.3) is 5.69 Å². The molecule has 0 bridgehead atoms. The molecule has 150 valence electrons. The molecule has 0 aliphatic carbocycles. The summed E-state index contributed by atoms with van der Waals surface area (Å²) in [7, 11) is 2.18. The van der Waals surface area contributed by atoms with Crippen molar-refractivity contribution in [2.45, 2.75) is 19.4 Å².